The Balaban J connectivity index is 1.33. The first-order chi connectivity index (χ1) is 18.5. The topological polar surface area (TPSA) is 59.8 Å². The lowest BCUT2D eigenvalue weighted by molar-refractivity contribution is 0.0741. The number of rotatable bonds is 8. The maximum atomic E-state index is 13.6. The highest BCUT2D eigenvalue weighted by molar-refractivity contribution is 5.96. The van der Waals surface area contributed by atoms with Gasteiger partial charge in [0.15, 0.2) is 0 Å². The molecule has 1 saturated heterocycles. The van der Waals surface area contributed by atoms with Crippen LogP contribution in [0.3, 0.4) is 0 Å². The summed E-state index contributed by atoms with van der Waals surface area (Å²) < 4.78 is 39.7. The second-order valence-electron chi connectivity index (χ2n) is 9.04. The fourth-order valence-electron chi connectivity index (χ4n) is 4.46. The summed E-state index contributed by atoms with van der Waals surface area (Å²) in [5, 5.41) is 4.51. The lowest BCUT2D eigenvalue weighted by Gasteiger charge is -2.36. The van der Waals surface area contributed by atoms with E-state index in [1.54, 1.807) is 47.2 Å². The average molecular weight is 519 g/mol. The molecule has 1 aromatic heterocycles. The highest BCUT2D eigenvalue weighted by Crippen LogP contribution is 2.29. The molecule has 0 N–H and O–H groups in total. The molecule has 2 heterocycles. The van der Waals surface area contributed by atoms with Crippen LogP contribution in [0.4, 0.5) is 14.5 Å². The summed E-state index contributed by atoms with van der Waals surface area (Å²) in [5.74, 6) is 0.171. The summed E-state index contributed by atoms with van der Waals surface area (Å²) >= 11 is 0. The summed E-state index contributed by atoms with van der Waals surface area (Å²) in [5.41, 5.74) is 2.93. The van der Waals surface area contributed by atoms with E-state index in [1.807, 2.05) is 24.3 Å². The fourth-order valence-corrected chi connectivity index (χ4v) is 4.46. The van der Waals surface area contributed by atoms with Crippen molar-refractivity contribution < 1.29 is 23.0 Å². The van der Waals surface area contributed by atoms with Crippen LogP contribution in [0.25, 0.3) is 0 Å². The Kier molecular flexibility index (Phi) is 7.53. The minimum atomic E-state index is -0.333. The maximum Gasteiger partial charge on any atom is 0.261 e. The molecule has 0 aliphatic carbocycles. The Labute approximate surface area is 219 Å². The van der Waals surface area contributed by atoms with Crippen molar-refractivity contribution in [2.24, 2.45) is 0 Å². The number of aromatic nitrogens is 2. The second kappa shape index (κ2) is 11.3. The predicted octanol–water partition coefficient (Wildman–Crippen LogP) is 4.76. The van der Waals surface area contributed by atoms with Gasteiger partial charge in [0, 0.05) is 32.4 Å². The van der Waals surface area contributed by atoms with Gasteiger partial charge in [0.1, 0.15) is 29.6 Å². The first-order valence-corrected chi connectivity index (χ1v) is 12.4. The normalized spacial score (nSPS) is 13.4. The Morgan fingerprint density at radius 3 is 2.16 bits per heavy atom. The van der Waals surface area contributed by atoms with E-state index in [1.165, 1.54) is 24.3 Å². The number of halogens is 2. The quantitative estimate of drug-likeness (QED) is 0.337. The summed E-state index contributed by atoms with van der Waals surface area (Å²) in [6.45, 7) is 2.84. The van der Waals surface area contributed by atoms with Crippen LogP contribution >= 0.6 is 0 Å². The van der Waals surface area contributed by atoms with Gasteiger partial charge in [0.25, 0.3) is 5.91 Å². The molecule has 0 spiro atoms. The van der Waals surface area contributed by atoms with Crippen molar-refractivity contribution in [2.75, 3.05) is 38.2 Å². The van der Waals surface area contributed by atoms with Crippen molar-refractivity contribution in [3.05, 3.63) is 107 Å². The first kappa shape index (κ1) is 25.3. The van der Waals surface area contributed by atoms with Crippen LogP contribution in [0, 0.1) is 11.6 Å². The van der Waals surface area contributed by atoms with Gasteiger partial charge in [-0.15, -0.1) is 5.10 Å². The molecule has 3 aromatic carbocycles. The van der Waals surface area contributed by atoms with Gasteiger partial charge in [0.05, 0.1) is 19.3 Å². The zero-order chi connectivity index (χ0) is 26.5. The van der Waals surface area contributed by atoms with Crippen LogP contribution in [0.5, 0.6) is 11.6 Å². The summed E-state index contributed by atoms with van der Waals surface area (Å²) in [6, 6.07) is 19.9. The van der Waals surface area contributed by atoms with Gasteiger partial charge in [-0.25, -0.2) is 8.78 Å². The van der Waals surface area contributed by atoms with Crippen LogP contribution in [-0.4, -0.2) is 53.9 Å². The van der Waals surface area contributed by atoms with Gasteiger partial charge in [-0.05, 0) is 47.5 Å². The summed E-state index contributed by atoms with van der Waals surface area (Å²) in [6.07, 6.45) is 1.66. The number of nitrogens with zero attached hydrogens (tertiary/aromatic N) is 4. The van der Waals surface area contributed by atoms with Gasteiger partial charge < -0.3 is 19.3 Å². The molecule has 1 amide bonds. The van der Waals surface area contributed by atoms with Crippen molar-refractivity contribution in [1.82, 2.24) is 14.7 Å². The highest BCUT2D eigenvalue weighted by atomic mass is 19.1. The monoisotopic (exact) mass is 518 g/mol. The molecule has 1 aliphatic rings. The zero-order valence-electron chi connectivity index (χ0n) is 21.0. The summed E-state index contributed by atoms with van der Waals surface area (Å²) in [7, 11) is 1.65. The number of anilines is 1. The third-order valence-corrected chi connectivity index (χ3v) is 6.50. The van der Waals surface area contributed by atoms with E-state index in [0.29, 0.717) is 38.3 Å². The van der Waals surface area contributed by atoms with Gasteiger partial charge in [-0.3, -0.25) is 9.48 Å². The molecule has 5 rings (SSSR count). The van der Waals surface area contributed by atoms with Crippen molar-refractivity contribution in [2.45, 2.75) is 13.2 Å². The Morgan fingerprint density at radius 2 is 1.50 bits per heavy atom. The Hall–Kier alpha value is -4.40. The fraction of sp³-hybridized carbons (Fsp3) is 0.241. The smallest absolute Gasteiger partial charge is 0.261 e. The molecule has 38 heavy (non-hydrogen) atoms. The van der Waals surface area contributed by atoms with Crippen molar-refractivity contribution in [3.63, 3.8) is 0 Å². The van der Waals surface area contributed by atoms with E-state index in [9.17, 15) is 13.6 Å². The maximum absolute atomic E-state index is 13.6. The first-order valence-electron chi connectivity index (χ1n) is 12.4. The molecule has 196 valence electrons. The van der Waals surface area contributed by atoms with E-state index < -0.39 is 0 Å². The van der Waals surface area contributed by atoms with Gasteiger partial charge in [-0.2, -0.15) is 0 Å². The van der Waals surface area contributed by atoms with Gasteiger partial charge >= 0.3 is 0 Å². The number of hydrogen-bond donors (Lipinski definition) is 0. The number of carbonyl (C=O) groups is 1. The van der Waals surface area contributed by atoms with Crippen molar-refractivity contribution in [3.8, 4) is 11.6 Å². The Morgan fingerprint density at radius 1 is 0.868 bits per heavy atom. The number of methoxy groups -OCH3 is 1. The third kappa shape index (κ3) is 5.77. The molecule has 9 heteroatoms. The number of hydrogen-bond acceptors (Lipinski definition) is 5. The molecular formula is C29H28F2N4O3. The molecule has 0 bridgehead atoms. The standard InChI is InChI=1S/C29H28F2N4O3/c1-37-27-5-3-2-4-26(27)33-14-16-34(17-15-33)29(36)25-19-35(18-21-6-10-23(30)11-7-21)32-28(25)38-20-22-8-12-24(31)13-9-22/h2-13,19H,14-18,20H2,1H3. The number of benzene rings is 3. The molecule has 4 aromatic rings. The molecule has 1 aliphatic heterocycles. The lowest BCUT2D eigenvalue weighted by atomic mass is 10.2. The summed E-state index contributed by atoms with van der Waals surface area (Å²) in [4.78, 5) is 17.6. The number of carbonyl (C=O) groups excluding carboxylic acids is 1. The Bertz CT molecular complexity index is 1380. The van der Waals surface area contributed by atoms with Crippen LogP contribution in [-0.2, 0) is 13.2 Å². The minimum absolute atomic E-state index is 0.135. The van der Waals surface area contributed by atoms with E-state index in [4.69, 9.17) is 9.47 Å². The third-order valence-electron chi connectivity index (χ3n) is 6.50. The lowest BCUT2D eigenvalue weighted by Crippen LogP contribution is -2.48. The molecule has 7 nitrogen and oxygen atoms in total. The van der Waals surface area contributed by atoms with Crippen LogP contribution < -0.4 is 14.4 Å². The largest absolute Gasteiger partial charge is 0.495 e. The minimum Gasteiger partial charge on any atom is -0.495 e. The van der Waals surface area contributed by atoms with E-state index in [2.05, 4.69) is 10.00 Å². The van der Waals surface area contributed by atoms with Crippen LogP contribution in [0.2, 0.25) is 0 Å². The SMILES string of the molecule is COc1ccccc1N1CCN(C(=O)c2cn(Cc3ccc(F)cc3)nc2OCc2ccc(F)cc2)CC1. The van der Waals surface area contributed by atoms with E-state index in [0.717, 1.165) is 22.6 Å². The van der Waals surface area contributed by atoms with Crippen molar-refractivity contribution in [1.29, 1.82) is 0 Å². The average Bonchev–Trinajstić information content (AvgIpc) is 3.36. The van der Waals surface area contributed by atoms with E-state index >= 15 is 0 Å². The number of amides is 1. The number of ether oxygens (including phenoxy) is 2. The molecule has 0 saturated carbocycles. The molecule has 0 radical (unpaired) electrons. The second-order valence-corrected chi connectivity index (χ2v) is 9.04. The molecule has 1 fully saturated rings. The number of para-hydroxylation sites is 2. The van der Waals surface area contributed by atoms with Gasteiger partial charge in [-0.1, -0.05) is 36.4 Å². The number of piperazine rings is 1. The van der Waals surface area contributed by atoms with E-state index in [-0.39, 0.29) is 30.0 Å². The van der Waals surface area contributed by atoms with Crippen molar-refractivity contribution >= 4 is 11.6 Å². The molecule has 0 atom stereocenters. The molecular weight excluding hydrogens is 490 g/mol. The van der Waals surface area contributed by atoms with Crippen LogP contribution in [0.15, 0.2) is 79.0 Å². The predicted molar refractivity (Wildman–Crippen MR) is 140 cm³/mol. The van der Waals surface area contributed by atoms with Crippen LogP contribution in [0.1, 0.15) is 21.5 Å². The van der Waals surface area contributed by atoms with Gasteiger partial charge in [0.2, 0.25) is 5.88 Å². The zero-order valence-corrected chi connectivity index (χ0v) is 21.0. The highest BCUT2D eigenvalue weighted by Gasteiger charge is 2.27. The molecule has 0 unspecified atom stereocenters.